The molecule has 1 aromatic carbocycles. The molecule has 3 aliphatic carbocycles. The highest BCUT2D eigenvalue weighted by Gasteiger charge is 2.57. The van der Waals surface area contributed by atoms with Gasteiger partial charge in [0.25, 0.3) is 0 Å². The lowest BCUT2D eigenvalue weighted by molar-refractivity contribution is 0.174. The maximum atomic E-state index is 12.4. The fraction of sp³-hybridized carbons (Fsp3) is 0.632. The molecule has 2 N–H and O–H groups in total. The smallest absolute Gasteiger partial charge is 0.317 e. The fourth-order valence-corrected chi connectivity index (χ4v) is 4.33. The van der Waals surface area contributed by atoms with Crippen LogP contribution in [-0.2, 0) is 11.8 Å². The summed E-state index contributed by atoms with van der Waals surface area (Å²) in [6, 6.07) is 8.78. The van der Waals surface area contributed by atoms with Gasteiger partial charge in [-0.3, -0.25) is 0 Å². The van der Waals surface area contributed by atoms with Crippen molar-refractivity contribution in [2.75, 3.05) is 26.2 Å². The molecule has 0 saturated heterocycles. The first-order chi connectivity index (χ1) is 11.2. The SMILES string of the molecule is O=C(NCC1CC12CCc1ccccc12)N(CCO)CC1CC1. The first-order valence-electron chi connectivity index (χ1n) is 8.95. The van der Waals surface area contributed by atoms with Crippen molar-refractivity contribution in [1.29, 1.82) is 0 Å². The Morgan fingerprint density at radius 3 is 2.96 bits per heavy atom. The first-order valence-corrected chi connectivity index (χ1v) is 8.95. The highest BCUT2D eigenvalue weighted by atomic mass is 16.3. The minimum atomic E-state index is -0.000665. The number of nitrogens with one attached hydrogen (secondary N) is 1. The summed E-state index contributed by atoms with van der Waals surface area (Å²) in [4.78, 5) is 14.2. The van der Waals surface area contributed by atoms with Crippen LogP contribution in [0.15, 0.2) is 24.3 Å². The third-order valence-corrected chi connectivity index (χ3v) is 5.96. The lowest BCUT2D eigenvalue weighted by Crippen LogP contribution is -2.43. The van der Waals surface area contributed by atoms with E-state index in [0.717, 1.165) is 13.1 Å². The molecular formula is C19H26N2O2. The number of carbonyl (C=O) groups excluding carboxylic acids is 1. The molecule has 0 radical (unpaired) electrons. The Labute approximate surface area is 137 Å². The van der Waals surface area contributed by atoms with Gasteiger partial charge in [0.2, 0.25) is 0 Å². The van der Waals surface area contributed by atoms with E-state index in [9.17, 15) is 4.79 Å². The normalized spacial score (nSPS) is 27.8. The van der Waals surface area contributed by atoms with Gasteiger partial charge in [0.05, 0.1) is 6.61 Å². The zero-order chi connectivity index (χ0) is 15.9. The van der Waals surface area contributed by atoms with E-state index in [4.69, 9.17) is 5.11 Å². The first kappa shape index (κ1) is 15.0. The minimum absolute atomic E-state index is 0.000665. The van der Waals surface area contributed by atoms with Gasteiger partial charge in [-0.1, -0.05) is 24.3 Å². The Hall–Kier alpha value is -1.55. The Balaban J connectivity index is 1.33. The molecule has 0 heterocycles. The maximum Gasteiger partial charge on any atom is 0.317 e. The van der Waals surface area contributed by atoms with Crippen molar-refractivity contribution in [2.45, 2.75) is 37.5 Å². The van der Waals surface area contributed by atoms with E-state index in [-0.39, 0.29) is 12.6 Å². The van der Waals surface area contributed by atoms with Gasteiger partial charge in [-0.2, -0.15) is 0 Å². The number of hydrogen-bond acceptors (Lipinski definition) is 2. The Morgan fingerprint density at radius 2 is 2.17 bits per heavy atom. The van der Waals surface area contributed by atoms with E-state index in [0.29, 0.717) is 23.8 Å². The van der Waals surface area contributed by atoms with Gasteiger partial charge in [-0.15, -0.1) is 0 Å². The van der Waals surface area contributed by atoms with Crippen LogP contribution in [0.2, 0.25) is 0 Å². The van der Waals surface area contributed by atoms with Gasteiger partial charge < -0.3 is 15.3 Å². The molecule has 124 valence electrons. The fourth-order valence-electron chi connectivity index (χ4n) is 4.33. The van der Waals surface area contributed by atoms with Gasteiger partial charge in [0.1, 0.15) is 0 Å². The number of hydrogen-bond donors (Lipinski definition) is 2. The van der Waals surface area contributed by atoms with Crippen LogP contribution in [0.25, 0.3) is 0 Å². The summed E-state index contributed by atoms with van der Waals surface area (Å²) in [7, 11) is 0. The Kier molecular flexibility index (Phi) is 3.80. The molecule has 0 bridgehead atoms. The lowest BCUT2D eigenvalue weighted by atomic mass is 9.95. The maximum absolute atomic E-state index is 12.4. The number of aliphatic hydroxyl groups excluding tert-OH is 1. The van der Waals surface area contributed by atoms with Gasteiger partial charge in [-0.05, 0) is 55.1 Å². The number of carbonyl (C=O) groups is 1. The molecule has 4 nitrogen and oxygen atoms in total. The molecule has 1 aromatic rings. The summed E-state index contributed by atoms with van der Waals surface area (Å²) in [5.74, 6) is 1.23. The summed E-state index contributed by atoms with van der Waals surface area (Å²) in [5, 5.41) is 12.3. The molecule has 4 rings (SSSR count). The summed E-state index contributed by atoms with van der Waals surface area (Å²) < 4.78 is 0. The zero-order valence-electron chi connectivity index (χ0n) is 13.6. The molecule has 4 heteroatoms. The van der Waals surface area contributed by atoms with E-state index < -0.39 is 0 Å². The van der Waals surface area contributed by atoms with Crippen molar-refractivity contribution in [1.82, 2.24) is 10.2 Å². The number of urea groups is 1. The van der Waals surface area contributed by atoms with Gasteiger partial charge in [0, 0.05) is 25.0 Å². The molecule has 0 aliphatic heterocycles. The van der Waals surface area contributed by atoms with Crippen LogP contribution in [0, 0.1) is 11.8 Å². The number of aryl methyl sites for hydroxylation is 1. The van der Waals surface area contributed by atoms with Crippen molar-refractivity contribution >= 4 is 6.03 Å². The predicted molar refractivity (Wildman–Crippen MR) is 89.3 cm³/mol. The van der Waals surface area contributed by atoms with Crippen molar-refractivity contribution < 1.29 is 9.90 Å². The van der Waals surface area contributed by atoms with Crippen LogP contribution in [0.5, 0.6) is 0 Å². The van der Waals surface area contributed by atoms with Crippen LogP contribution in [0.4, 0.5) is 4.79 Å². The van der Waals surface area contributed by atoms with Crippen LogP contribution in [0.3, 0.4) is 0 Å². The number of amides is 2. The third-order valence-electron chi connectivity index (χ3n) is 5.96. The highest BCUT2D eigenvalue weighted by Crippen LogP contribution is 2.61. The highest BCUT2D eigenvalue weighted by molar-refractivity contribution is 5.74. The van der Waals surface area contributed by atoms with Crippen molar-refractivity contribution in [3.8, 4) is 0 Å². The molecule has 3 aliphatic rings. The molecule has 0 aromatic heterocycles. The molecule has 2 fully saturated rings. The summed E-state index contributed by atoms with van der Waals surface area (Å²) in [6.45, 7) is 2.05. The average Bonchev–Trinajstić information content (AvgIpc) is 3.46. The zero-order valence-corrected chi connectivity index (χ0v) is 13.6. The monoisotopic (exact) mass is 314 g/mol. The second-order valence-corrected chi connectivity index (χ2v) is 7.51. The van der Waals surface area contributed by atoms with Crippen LogP contribution in [-0.4, -0.2) is 42.3 Å². The predicted octanol–water partition coefficient (Wildman–Crippen LogP) is 2.30. The molecule has 2 amide bonds. The molecule has 2 atom stereocenters. The van der Waals surface area contributed by atoms with Gasteiger partial charge >= 0.3 is 6.03 Å². The number of nitrogens with zero attached hydrogens (tertiary/aromatic N) is 1. The molecule has 2 unspecified atom stereocenters. The third kappa shape index (κ3) is 2.85. The minimum Gasteiger partial charge on any atom is -0.395 e. The summed E-state index contributed by atoms with van der Waals surface area (Å²) >= 11 is 0. The molecule has 1 spiro atoms. The van der Waals surface area contributed by atoms with Crippen LogP contribution >= 0.6 is 0 Å². The second kappa shape index (κ2) is 5.82. The summed E-state index contributed by atoms with van der Waals surface area (Å²) in [6.07, 6.45) is 6.05. The van der Waals surface area contributed by atoms with E-state index in [2.05, 4.69) is 29.6 Å². The standard InChI is InChI=1S/C19H26N2O2/c22-10-9-21(13-14-5-6-14)18(23)20-12-16-11-19(16)8-7-15-3-1-2-4-17(15)19/h1-4,14,16,22H,5-13H2,(H,20,23). The molecule has 2 saturated carbocycles. The van der Waals surface area contributed by atoms with Crippen molar-refractivity contribution in [3.63, 3.8) is 0 Å². The van der Waals surface area contributed by atoms with Crippen LogP contribution < -0.4 is 5.32 Å². The lowest BCUT2D eigenvalue weighted by Gasteiger charge is -2.22. The van der Waals surface area contributed by atoms with E-state index in [1.165, 1.54) is 43.2 Å². The van der Waals surface area contributed by atoms with Gasteiger partial charge in [0.15, 0.2) is 0 Å². The quantitative estimate of drug-likeness (QED) is 0.846. The molecule has 23 heavy (non-hydrogen) atoms. The second-order valence-electron chi connectivity index (χ2n) is 7.51. The van der Waals surface area contributed by atoms with E-state index in [1.807, 2.05) is 0 Å². The molecular weight excluding hydrogens is 288 g/mol. The summed E-state index contributed by atoms with van der Waals surface area (Å²) in [5.41, 5.74) is 3.35. The topological polar surface area (TPSA) is 52.6 Å². The van der Waals surface area contributed by atoms with E-state index in [1.54, 1.807) is 4.90 Å². The number of fused-ring (bicyclic) bond motifs is 2. The van der Waals surface area contributed by atoms with Gasteiger partial charge in [-0.25, -0.2) is 4.79 Å². The average molecular weight is 314 g/mol. The van der Waals surface area contributed by atoms with Crippen molar-refractivity contribution in [3.05, 3.63) is 35.4 Å². The Bertz CT molecular complexity index is 599. The van der Waals surface area contributed by atoms with Crippen molar-refractivity contribution in [2.24, 2.45) is 11.8 Å². The Morgan fingerprint density at radius 1 is 1.35 bits per heavy atom. The number of rotatable bonds is 6. The largest absolute Gasteiger partial charge is 0.395 e. The van der Waals surface area contributed by atoms with Crippen LogP contribution in [0.1, 0.15) is 36.8 Å². The number of aliphatic hydroxyl groups is 1. The number of benzene rings is 1. The van der Waals surface area contributed by atoms with E-state index >= 15 is 0 Å².